The maximum Gasteiger partial charge on any atom is 0.120 e. The molecule has 138 valence electrons. The molecule has 1 aliphatic heterocycles. The summed E-state index contributed by atoms with van der Waals surface area (Å²) in [6.45, 7) is 14.6. The first kappa shape index (κ1) is 21.2. The van der Waals surface area contributed by atoms with Gasteiger partial charge in [0.2, 0.25) is 0 Å². The molecule has 2 rings (SSSR count). The van der Waals surface area contributed by atoms with Crippen molar-refractivity contribution < 1.29 is 9.84 Å². The van der Waals surface area contributed by atoms with Crippen LogP contribution in [0.3, 0.4) is 0 Å². The lowest BCUT2D eigenvalue weighted by Crippen LogP contribution is -2.49. The first-order valence-electron chi connectivity index (χ1n) is 8.57. The van der Waals surface area contributed by atoms with Crippen LogP contribution in [0.15, 0.2) is 24.3 Å². The minimum atomic E-state index is -0.191. The predicted octanol–water partition coefficient (Wildman–Crippen LogP) is 3.25. The number of benzene rings is 1. The number of hydrogen-bond donors (Lipinski definition) is 2. The number of ether oxygens (including phenoxy) is 1. The summed E-state index contributed by atoms with van der Waals surface area (Å²) in [6, 6.07) is 8.58. The Labute approximate surface area is 153 Å². The minimum Gasteiger partial charge on any atom is -0.488 e. The van der Waals surface area contributed by atoms with E-state index in [0.717, 1.165) is 31.9 Å². The van der Waals surface area contributed by atoms with E-state index in [1.165, 1.54) is 5.56 Å². The van der Waals surface area contributed by atoms with Gasteiger partial charge in [0.1, 0.15) is 11.4 Å². The van der Waals surface area contributed by atoms with Crippen LogP contribution in [0.1, 0.15) is 46.2 Å². The highest BCUT2D eigenvalue weighted by Crippen LogP contribution is 2.38. The molecule has 0 aliphatic carbocycles. The van der Waals surface area contributed by atoms with Crippen LogP contribution in [0.5, 0.6) is 5.75 Å². The van der Waals surface area contributed by atoms with E-state index in [4.69, 9.17) is 4.74 Å². The summed E-state index contributed by atoms with van der Waals surface area (Å²) < 4.78 is 5.92. The molecule has 1 heterocycles. The lowest BCUT2D eigenvalue weighted by molar-refractivity contribution is 0.0304. The summed E-state index contributed by atoms with van der Waals surface area (Å²) >= 11 is 0. The van der Waals surface area contributed by atoms with Crippen molar-refractivity contribution in [3.05, 3.63) is 29.8 Å². The Kier molecular flexibility index (Phi) is 7.54. The molecule has 24 heavy (non-hydrogen) atoms. The molecule has 1 aromatic carbocycles. The van der Waals surface area contributed by atoms with Gasteiger partial charge in [-0.05, 0) is 38.5 Å². The molecule has 0 saturated carbocycles. The molecule has 1 atom stereocenters. The molecule has 1 fully saturated rings. The Morgan fingerprint density at radius 3 is 2.08 bits per heavy atom. The average Bonchev–Trinajstić information content (AvgIpc) is 2.49. The van der Waals surface area contributed by atoms with E-state index in [0.29, 0.717) is 0 Å². The Hall–Kier alpha value is -0.810. The highest BCUT2D eigenvalue weighted by atomic mass is 35.5. The number of piperazine rings is 1. The second-order valence-electron chi connectivity index (χ2n) is 8.12. The van der Waals surface area contributed by atoms with E-state index < -0.39 is 0 Å². The van der Waals surface area contributed by atoms with Crippen molar-refractivity contribution in [3.8, 4) is 5.75 Å². The molecule has 4 nitrogen and oxygen atoms in total. The number of rotatable bonds is 5. The molecule has 1 aromatic rings. The normalized spacial score (nSPS) is 17.9. The van der Waals surface area contributed by atoms with E-state index in [-0.39, 0.29) is 36.1 Å². The van der Waals surface area contributed by atoms with Crippen LogP contribution < -0.4 is 10.1 Å². The molecule has 0 bridgehead atoms. The third-order valence-electron chi connectivity index (χ3n) is 4.28. The van der Waals surface area contributed by atoms with Crippen LogP contribution in [0, 0.1) is 5.41 Å². The van der Waals surface area contributed by atoms with Crippen molar-refractivity contribution >= 4 is 12.4 Å². The monoisotopic (exact) mass is 356 g/mol. The lowest BCUT2D eigenvalue weighted by Gasteiger charge is -2.43. The van der Waals surface area contributed by atoms with E-state index >= 15 is 0 Å². The number of nitrogens with one attached hydrogen (secondary N) is 1. The van der Waals surface area contributed by atoms with Crippen molar-refractivity contribution in [3.63, 3.8) is 0 Å². The zero-order chi connectivity index (χ0) is 17.1. The van der Waals surface area contributed by atoms with Gasteiger partial charge in [-0.25, -0.2) is 0 Å². The van der Waals surface area contributed by atoms with Gasteiger partial charge in [0, 0.05) is 44.2 Å². The van der Waals surface area contributed by atoms with Crippen LogP contribution in [0.4, 0.5) is 0 Å². The van der Waals surface area contributed by atoms with Gasteiger partial charge in [-0.15, -0.1) is 12.4 Å². The van der Waals surface area contributed by atoms with Crippen molar-refractivity contribution in [1.29, 1.82) is 0 Å². The molecule has 0 unspecified atom stereocenters. The lowest BCUT2D eigenvalue weighted by atomic mass is 9.79. The fourth-order valence-electron chi connectivity index (χ4n) is 3.25. The van der Waals surface area contributed by atoms with Gasteiger partial charge < -0.3 is 15.2 Å². The first-order valence-corrected chi connectivity index (χ1v) is 8.57. The Bertz CT molecular complexity index is 491. The van der Waals surface area contributed by atoms with Crippen molar-refractivity contribution in [2.45, 2.75) is 46.3 Å². The first-order chi connectivity index (χ1) is 10.7. The third kappa shape index (κ3) is 5.62. The summed E-state index contributed by atoms with van der Waals surface area (Å²) in [5.41, 5.74) is 0.861. The van der Waals surface area contributed by atoms with Crippen molar-refractivity contribution in [1.82, 2.24) is 10.2 Å². The van der Waals surface area contributed by atoms with Gasteiger partial charge in [-0.3, -0.25) is 4.90 Å². The van der Waals surface area contributed by atoms with Crippen LogP contribution in [-0.2, 0) is 0 Å². The molecule has 0 aromatic heterocycles. The zero-order valence-electron chi connectivity index (χ0n) is 15.6. The van der Waals surface area contributed by atoms with Crippen molar-refractivity contribution in [2.24, 2.45) is 5.41 Å². The molecule has 5 heteroatoms. The second-order valence-corrected chi connectivity index (χ2v) is 8.12. The molecule has 1 saturated heterocycles. The van der Waals surface area contributed by atoms with Gasteiger partial charge >= 0.3 is 0 Å². The minimum absolute atomic E-state index is 0. The maximum atomic E-state index is 9.90. The summed E-state index contributed by atoms with van der Waals surface area (Å²) in [5, 5.41) is 13.3. The van der Waals surface area contributed by atoms with Gasteiger partial charge in [0.05, 0.1) is 0 Å². The molecule has 0 radical (unpaired) electrons. The van der Waals surface area contributed by atoms with E-state index in [9.17, 15) is 5.11 Å². The summed E-state index contributed by atoms with van der Waals surface area (Å²) in [6.07, 6.45) is 0. The van der Waals surface area contributed by atoms with Crippen LogP contribution in [0.25, 0.3) is 0 Å². The van der Waals surface area contributed by atoms with Crippen LogP contribution >= 0.6 is 12.4 Å². The molecule has 0 spiro atoms. The predicted molar refractivity (Wildman–Crippen MR) is 102 cm³/mol. The fraction of sp³-hybridized carbons (Fsp3) is 0.684. The average molecular weight is 357 g/mol. The summed E-state index contributed by atoms with van der Waals surface area (Å²) in [4.78, 5) is 2.48. The van der Waals surface area contributed by atoms with Crippen LogP contribution in [-0.4, -0.2) is 48.4 Å². The number of aliphatic hydroxyl groups is 1. The molecule has 0 amide bonds. The SMILES string of the molecule is CC(C)(C)Oc1ccc([C@H](N2CCNCC2)C(C)(C)CO)cc1.Cl. The van der Waals surface area contributed by atoms with Gasteiger partial charge in [-0.1, -0.05) is 26.0 Å². The van der Waals surface area contributed by atoms with Gasteiger partial charge in [0.15, 0.2) is 0 Å². The smallest absolute Gasteiger partial charge is 0.120 e. The number of halogens is 1. The molecule has 2 N–H and O–H groups in total. The molecular weight excluding hydrogens is 324 g/mol. The quantitative estimate of drug-likeness (QED) is 0.850. The standard InChI is InChI=1S/C19H32N2O2.ClH/c1-18(2,3)23-16-8-6-15(7-9-16)17(19(4,5)14-22)21-12-10-20-11-13-21;/h6-9,17,20,22H,10-14H2,1-5H3;1H/t17-;/m0./s1. The number of nitrogens with zero attached hydrogens (tertiary/aromatic N) is 1. The number of hydrogen-bond acceptors (Lipinski definition) is 4. The summed E-state index contributed by atoms with van der Waals surface area (Å²) in [5.74, 6) is 0.891. The Balaban J connectivity index is 0.00000288. The van der Waals surface area contributed by atoms with E-state index in [2.05, 4.69) is 57.0 Å². The van der Waals surface area contributed by atoms with E-state index in [1.54, 1.807) is 0 Å². The zero-order valence-corrected chi connectivity index (χ0v) is 16.4. The third-order valence-corrected chi connectivity index (χ3v) is 4.28. The summed E-state index contributed by atoms with van der Waals surface area (Å²) in [7, 11) is 0. The Morgan fingerprint density at radius 1 is 1.08 bits per heavy atom. The molecular formula is C19H33ClN2O2. The van der Waals surface area contributed by atoms with Crippen molar-refractivity contribution in [2.75, 3.05) is 32.8 Å². The highest BCUT2D eigenvalue weighted by molar-refractivity contribution is 5.85. The van der Waals surface area contributed by atoms with Crippen LogP contribution in [0.2, 0.25) is 0 Å². The topological polar surface area (TPSA) is 44.7 Å². The Morgan fingerprint density at radius 2 is 1.62 bits per heavy atom. The highest BCUT2D eigenvalue weighted by Gasteiger charge is 2.35. The van der Waals surface area contributed by atoms with Gasteiger partial charge in [-0.2, -0.15) is 0 Å². The number of aliphatic hydroxyl groups excluding tert-OH is 1. The van der Waals surface area contributed by atoms with E-state index in [1.807, 2.05) is 12.1 Å². The largest absolute Gasteiger partial charge is 0.488 e. The maximum absolute atomic E-state index is 9.90. The fourth-order valence-corrected chi connectivity index (χ4v) is 3.25. The second kappa shape index (κ2) is 8.52. The molecule has 1 aliphatic rings. The van der Waals surface area contributed by atoms with Gasteiger partial charge in [0.25, 0.3) is 0 Å².